The molecule has 0 bridgehead atoms. The summed E-state index contributed by atoms with van der Waals surface area (Å²) in [5.74, 6) is 0. The highest BCUT2D eigenvalue weighted by Crippen LogP contribution is 2.28. The van der Waals surface area contributed by atoms with E-state index < -0.39 is 6.10 Å². The van der Waals surface area contributed by atoms with Crippen LogP contribution in [0, 0.1) is 0 Å². The standard InChI is InChI=1S/C15H23N3O/c1-11-9-17-7-3-4-14(17)10-18(11)13-5-6-15(12(2)19)16-8-13/h5-6,8,11-12,14,19H,3-4,7,9-10H2,1-2H3. The molecule has 2 fully saturated rings. The Bertz CT molecular complexity index is 432. The van der Waals surface area contributed by atoms with Crippen LogP contribution in [0.15, 0.2) is 18.3 Å². The van der Waals surface area contributed by atoms with Gasteiger partial charge in [0, 0.05) is 25.2 Å². The van der Waals surface area contributed by atoms with Crippen LogP contribution in [0.2, 0.25) is 0 Å². The summed E-state index contributed by atoms with van der Waals surface area (Å²) in [6.45, 7) is 7.57. The average Bonchev–Trinajstić information content (AvgIpc) is 2.85. The Morgan fingerprint density at radius 3 is 2.89 bits per heavy atom. The molecule has 0 amide bonds. The first kappa shape index (κ1) is 12.9. The maximum Gasteiger partial charge on any atom is 0.0931 e. The second kappa shape index (κ2) is 5.10. The van der Waals surface area contributed by atoms with Crippen LogP contribution in [0.5, 0.6) is 0 Å². The smallest absolute Gasteiger partial charge is 0.0931 e. The molecule has 0 radical (unpaired) electrons. The van der Waals surface area contributed by atoms with E-state index in [0.29, 0.717) is 12.1 Å². The minimum atomic E-state index is -0.488. The molecule has 3 atom stereocenters. The number of aromatic nitrogens is 1. The van der Waals surface area contributed by atoms with Crippen molar-refractivity contribution in [3.63, 3.8) is 0 Å². The molecule has 3 rings (SSSR count). The molecular weight excluding hydrogens is 238 g/mol. The Hall–Kier alpha value is -1.13. The molecule has 0 spiro atoms. The molecule has 0 aromatic carbocycles. The van der Waals surface area contributed by atoms with E-state index in [4.69, 9.17) is 0 Å². The Kier molecular flexibility index (Phi) is 3.46. The highest BCUT2D eigenvalue weighted by Gasteiger charge is 2.34. The molecular formula is C15H23N3O. The zero-order valence-electron chi connectivity index (χ0n) is 11.8. The summed E-state index contributed by atoms with van der Waals surface area (Å²) in [6.07, 6.45) is 4.08. The number of fused-ring (bicyclic) bond motifs is 1. The Morgan fingerprint density at radius 1 is 1.37 bits per heavy atom. The summed E-state index contributed by atoms with van der Waals surface area (Å²) < 4.78 is 0. The molecule has 1 N–H and O–H groups in total. The third-order valence-electron chi connectivity index (χ3n) is 4.47. The molecule has 1 aromatic heterocycles. The van der Waals surface area contributed by atoms with Crippen LogP contribution in [-0.2, 0) is 0 Å². The summed E-state index contributed by atoms with van der Waals surface area (Å²) >= 11 is 0. The topological polar surface area (TPSA) is 39.6 Å². The molecule has 1 aromatic rings. The monoisotopic (exact) mass is 261 g/mol. The van der Waals surface area contributed by atoms with Crippen LogP contribution in [0.1, 0.15) is 38.5 Å². The predicted octanol–water partition coefficient (Wildman–Crippen LogP) is 1.81. The first-order chi connectivity index (χ1) is 9.15. The van der Waals surface area contributed by atoms with Gasteiger partial charge >= 0.3 is 0 Å². The van der Waals surface area contributed by atoms with Crippen LogP contribution in [0.4, 0.5) is 5.69 Å². The minimum Gasteiger partial charge on any atom is -0.387 e. The third-order valence-corrected chi connectivity index (χ3v) is 4.47. The van der Waals surface area contributed by atoms with Gasteiger partial charge in [-0.15, -0.1) is 0 Å². The lowest BCUT2D eigenvalue weighted by molar-refractivity contribution is 0.194. The third kappa shape index (κ3) is 2.47. The van der Waals surface area contributed by atoms with E-state index in [2.05, 4.69) is 27.8 Å². The van der Waals surface area contributed by atoms with Gasteiger partial charge < -0.3 is 10.0 Å². The van der Waals surface area contributed by atoms with E-state index in [1.807, 2.05) is 12.3 Å². The van der Waals surface area contributed by atoms with Gasteiger partial charge in [0.05, 0.1) is 23.7 Å². The molecule has 4 nitrogen and oxygen atoms in total. The van der Waals surface area contributed by atoms with Crippen molar-refractivity contribution >= 4 is 5.69 Å². The molecule has 3 unspecified atom stereocenters. The van der Waals surface area contributed by atoms with Crippen LogP contribution < -0.4 is 4.90 Å². The highest BCUT2D eigenvalue weighted by atomic mass is 16.3. The number of hydrogen-bond acceptors (Lipinski definition) is 4. The zero-order chi connectivity index (χ0) is 13.4. The number of aliphatic hydroxyl groups is 1. The molecule has 0 aliphatic carbocycles. The Labute approximate surface area is 115 Å². The summed E-state index contributed by atoms with van der Waals surface area (Å²) in [5, 5.41) is 9.52. The van der Waals surface area contributed by atoms with Crippen LogP contribution in [0.25, 0.3) is 0 Å². The van der Waals surface area contributed by atoms with Crippen LogP contribution in [0.3, 0.4) is 0 Å². The van der Waals surface area contributed by atoms with Crippen molar-refractivity contribution in [2.45, 2.75) is 44.9 Å². The maximum absolute atomic E-state index is 9.52. The summed E-state index contributed by atoms with van der Waals surface area (Å²) in [6, 6.07) is 5.28. The molecule has 104 valence electrons. The van der Waals surface area contributed by atoms with E-state index in [-0.39, 0.29) is 0 Å². The van der Waals surface area contributed by atoms with Crippen LogP contribution in [-0.4, -0.2) is 46.7 Å². The molecule has 19 heavy (non-hydrogen) atoms. The van der Waals surface area contributed by atoms with Crippen LogP contribution >= 0.6 is 0 Å². The van der Waals surface area contributed by atoms with Gasteiger partial charge in [-0.1, -0.05) is 0 Å². The van der Waals surface area contributed by atoms with Crippen molar-refractivity contribution in [2.75, 3.05) is 24.5 Å². The maximum atomic E-state index is 9.52. The zero-order valence-corrected chi connectivity index (χ0v) is 11.8. The van der Waals surface area contributed by atoms with Gasteiger partial charge in [0.2, 0.25) is 0 Å². The van der Waals surface area contributed by atoms with E-state index in [0.717, 1.165) is 18.8 Å². The Morgan fingerprint density at radius 2 is 2.21 bits per heavy atom. The quantitative estimate of drug-likeness (QED) is 0.881. The largest absolute Gasteiger partial charge is 0.387 e. The molecule has 4 heteroatoms. The SMILES string of the molecule is CC(O)c1ccc(N2CC3CCCN3CC2C)cn1. The van der Waals surface area contributed by atoms with E-state index in [9.17, 15) is 5.11 Å². The first-order valence-corrected chi connectivity index (χ1v) is 7.30. The van der Waals surface area contributed by atoms with Crippen molar-refractivity contribution in [1.29, 1.82) is 0 Å². The van der Waals surface area contributed by atoms with Gasteiger partial charge in [0.1, 0.15) is 0 Å². The number of anilines is 1. The Balaban J connectivity index is 1.77. The van der Waals surface area contributed by atoms with Gasteiger partial charge in [-0.2, -0.15) is 0 Å². The number of hydrogen-bond donors (Lipinski definition) is 1. The van der Waals surface area contributed by atoms with Crippen molar-refractivity contribution in [3.05, 3.63) is 24.0 Å². The number of piperazine rings is 1. The number of nitrogens with zero attached hydrogens (tertiary/aromatic N) is 3. The molecule has 2 saturated heterocycles. The number of rotatable bonds is 2. The highest BCUT2D eigenvalue weighted by molar-refractivity contribution is 5.47. The van der Waals surface area contributed by atoms with Gasteiger partial charge in [0.15, 0.2) is 0 Å². The van der Waals surface area contributed by atoms with Gasteiger partial charge in [0.25, 0.3) is 0 Å². The fraction of sp³-hybridized carbons (Fsp3) is 0.667. The van der Waals surface area contributed by atoms with E-state index in [1.54, 1.807) is 6.92 Å². The lowest BCUT2D eigenvalue weighted by atomic mass is 10.1. The molecule has 2 aliphatic rings. The summed E-state index contributed by atoms with van der Waals surface area (Å²) in [7, 11) is 0. The minimum absolute atomic E-state index is 0.488. The van der Waals surface area contributed by atoms with Gasteiger partial charge in [-0.25, -0.2) is 0 Å². The van der Waals surface area contributed by atoms with E-state index >= 15 is 0 Å². The molecule has 3 heterocycles. The summed E-state index contributed by atoms with van der Waals surface area (Å²) in [5.41, 5.74) is 1.93. The second-order valence-electron chi connectivity index (χ2n) is 5.91. The average molecular weight is 261 g/mol. The fourth-order valence-corrected chi connectivity index (χ4v) is 3.36. The van der Waals surface area contributed by atoms with Crippen molar-refractivity contribution in [1.82, 2.24) is 9.88 Å². The lowest BCUT2D eigenvalue weighted by Gasteiger charge is -2.43. The second-order valence-corrected chi connectivity index (χ2v) is 5.91. The van der Waals surface area contributed by atoms with Gasteiger partial charge in [-0.05, 0) is 45.4 Å². The van der Waals surface area contributed by atoms with E-state index in [1.165, 1.54) is 25.1 Å². The molecule has 0 saturated carbocycles. The van der Waals surface area contributed by atoms with Crippen molar-refractivity contribution in [2.24, 2.45) is 0 Å². The lowest BCUT2D eigenvalue weighted by Crippen LogP contribution is -2.55. The van der Waals surface area contributed by atoms with Crippen molar-refractivity contribution < 1.29 is 5.11 Å². The number of pyridine rings is 1. The number of aliphatic hydroxyl groups excluding tert-OH is 1. The van der Waals surface area contributed by atoms with Crippen molar-refractivity contribution in [3.8, 4) is 0 Å². The summed E-state index contributed by atoms with van der Waals surface area (Å²) in [4.78, 5) is 9.46. The normalized spacial score (nSPS) is 29.3. The molecule has 2 aliphatic heterocycles. The fourth-order valence-electron chi connectivity index (χ4n) is 3.36. The first-order valence-electron chi connectivity index (χ1n) is 7.30. The van der Waals surface area contributed by atoms with Gasteiger partial charge in [-0.3, -0.25) is 9.88 Å². The predicted molar refractivity (Wildman–Crippen MR) is 76.3 cm³/mol.